The molecule has 0 aliphatic carbocycles. The number of amidine groups is 2. The lowest BCUT2D eigenvalue weighted by atomic mass is 10.1. The van der Waals surface area contributed by atoms with Crippen molar-refractivity contribution < 1.29 is 9.13 Å². The molecule has 9 nitrogen and oxygen atoms in total. The van der Waals surface area contributed by atoms with Crippen LogP contribution in [0.3, 0.4) is 0 Å². The average molecular weight is 563 g/mol. The first-order chi connectivity index (χ1) is 19.5. The molecule has 1 fully saturated rings. The van der Waals surface area contributed by atoms with E-state index in [1.165, 1.54) is 6.08 Å². The first-order valence-electron chi connectivity index (χ1n) is 12.8. The standard InChI is InChI=1S/C29H32ClFN8O/c1-4-20(2)15-27(32-3)24-8-7-21(16-25(24)30)37-23-6-5-22(34-17-23)18-35-36-19-28-33-10-9-26(31)29(38-28)39-11-13-40-14-12-39/h4-9,15-18,36-37H,1,10-14,19H2,2-3H3/b20-15-,32-27?,35-18+. The second kappa shape index (κ2) is 14.3. The summed E-state index contributed by atoms with van der Waals surface area (Å²) < 4.78 is 19.8. The summed E-state index contributed by atoms with van der Waals surface area (Å²) in [5, 5.41) is 8.10. The molecule has 0 atom stereocenters. The lowest BCUT2D eigenvalue weighted by Crippen LogP contribution is -2.41. The van der Waals surface area contributed by atoms with Gasteiger partial charge >= 0.3 is 0 Å². The molecule has 1 aromatic carbocycles. The number of aliphatic imine (C=N–C) groups is 3. The van der Waals surface area contributed by atoms with Crippen LogP contribution >= 0.6 is 11.6 Å². The fraction of sp³-hybridized carbons (Fsp3) is 0.276. The van der Waals surface area contributed by atoms with Gasteiger partial charge in [-0.3, -0.25) is 15.0 Å². The molecule has 2 aliphatic heterocycles. The Kier molecular flexibility index (Phi) is 10.3. The fourth-order valence-electron chi connectivity index (χ4n) is 3.91. The van der Waals surface area contributed by atoms with Crippen molar-refractivity contribution in [1.29, 1.82) is 0 Å². The number of hydrazone groups is 1. The second-order valence-corrected chi connectivity index (χ2v) is 9.34. The molecule has 0 saturated carbocycles. The van der Waals surface area contributed by atoms with Crippen LogP contribution in [0.1, 0.15) is 18.2 Å². The molecular formula is C29H32ClFN8O. The molecule has 0 radical (unpaired) electrons. The molecule has 2 aliphatic rings. The largest absolute Gasteiger partial charge is 0.378 e. The highest BCUT2D eigenvalue weighted by atomic mass is 35.5. The number of allylic oxidation sites excluding steroid dienone is 3. The van der Waals surface area contributed by atoms with Crippen LogP contribution in [0.4, 0.5) is 15.8 Å². The molecule has 3 heterocycles. The summed E-state index contributed by atoms with van der Waals surface area (Å²) in [5.41, 5.74) is 7.83. The zero-order valence-corrected chi connectivity index (χ0v) is 23.3. The number of halogens is 2. The predicted octanol–water partition coefficient (Wildman–Crippen LogP) is 4.95. The van der Waals surface area contributed by atoms with Crippen LogP contribution in [0.15, 0.2) is 92.8 Å². The van der Waals surface area contributed by atoms with Gasteiger partial charge in [0.1, 0.15) is 5.84 Å². The van der Waals surface area contributed by atoms with Crippen molar-refractivity contribution in [2.45, 2.75) is 6.92 Å². The van der Waals surface area contributed by atoms with Crippen LogP contribution < -0.4 is 10.7 Å². The van der Waals surface area contributed by atoms with E-state index < -0.39 is 0 Å². The average Bonchev–Trinajstić information content (AvgIpc) is 3.16. The van der Waals surface area contributed by atoms with Gasteiger partial charge in [0, 0.05) is 31.4 Å². The minimum Gasteiger partial charge on any atom is -0.378 e. The van der Waals surface area contributed by atoms with Gasteiger partial charge in [-0.2, -0.15) is 5.10 Å². The van der Waals surface area contributed by atoms with E-state index in [4.69, 9.17) is 16.3 Å². The maximum Gasteiger partial charge on any atom is 0.166 e. The Bertz CT molecular complexity index is 1390. The molecule has 0 bridgehead atoms. The topological polar surface area (TPSA) is 98.9 Å². The van der Waals surface area contributed by atoms with Crippen molar-refractivity contribution in [2.24, 2.45) is 20.1 Å². The highest BCUT2D eigenvalue weighted by Crippen LogP contribution is 2.25. The van der Waals surface area contributed by atoms with E-state index in [2.05, 4.69) is 42.4 Å². The van der Waals surface area contributed by atoms with E-state index in [9.17, 15) is 4.39 Å². The Morgan fingerprint density at radius 1 is 1.23 bits per heavy atom. The number of nitrogens with zero attached hydrogens (tertiary/aromatic N) is 6. The Labute approximate surface area is 238 Å². The lowest BCUT2D eigenvalue weighted by molar-refractivity contribution is 0.0678. The molecular weight excluding hydrogens is 531 g/mol. The SMILES string of the molecule is C=C/C(C)=C\C(=NC)c1ccc(Nc2ccc(/C=N/NCC3=NCC=C(F)C(N4CCOCC4)=N3)nc2)cc1Cl. The Balaban J connectivity index is 1.32. The number of aromatic nitrogens is 1. The van der Waals surface area contributed by atoms with E-state index in [1.54, 1.807) is 25.5 Å². The van der Waals surface area contributed by atoms with Crippen molar-refractivity contribution in [2.75, 3.05) is 51.8 Å². The van der Waals surface area contributed by atoms with Gasteiger partial charge in [-0.15, -0.1) is 0 Å². The summed E-state index contributed by atoms with van der Waals surface area (Å²) in [6.07, 6.45) is 8.46. The van der Waals surface area contributed by atoms with Crippen LogP contribution in [0.25, 0.3) is 0 Å². The maximum absolute atomic E-state index is 14.5. The number of nitrogens with one attached hydrogen (secondary N) is 2. The number of benzene rings is 1. The number of hydrogen-bond acceptors (Lipinski definition) is 9. The molecule has 40 heavy (non-hydrogen) atoms. The van der Waals surface area contributed by atoms with Gasteiger partial charge in [-0.25, -0.2) is 9.38 Å². The van der Waals surface area contributed by atoms with E-state index in [-0.39, 0.29) is 18.9 Å². The summed E-state index contributed by atoms with van der Waals surface area (Å²) >= 11 is 6.55. The van der Waals surface area contributed by atoms with Gasteiger partial charge in [0.2, 0.25) is 0 Å². The van der Waals surface area contributed by atoms with Gasteiger partial charge in [0.25, 0.3) is 0 Å². The molecule has 0 unspecified atom stereocenters. The zero-order valence-electron chi connectivity index (χ0n) is 22.6. The molecule has 2 aromatic rings. The Morgan fingerprint density at radius 3 is 2.73 bits per heavy atom. The predicted molar refractivity (Wildman–Crippen MR) is 162 cm³/mol. The van der Waals surface area contributed by atoms with Crippen LogP contribution in [0.2, 0.25) is 5.02 Å². The highest BCUT2D eigenvalue weighted by molar-refractivity contribution is 6.35. The van der Waals surface area contributed by atoms with Gasteiger partial charge in [-0.05, 0) is 55.0 Å². The number of rotatable bonds is 9. The van der Waals surface area contributed by atoms with Gasteiger partial charge in [0.05, 0.1) is 60.8 Å². The molecule has 1 aromatic heterocycles. The van der Waals surface area contributed by atoms with Gasteiger partial charge in [-0.1, -0.05) is 24.3 Å². The molecule has 2 N–H and O–H groups in total. The fourth-order valence-corrected chi connectivity index (χ4v) is 4.19. The van der Waals surface area contributed by atoms with Crippen molar-refractivity contribution >= 4 is 46.6 Å². The maximum atomic E-state index is 14.5. The highest BCUT2D eigenvalue weighted by Gasteiger charge is 2.21. The molecule has 0 amide bonds. The van der Waals surface area contributed by atoms with Crippen LogP contribution in [0.5, 0.6) is 0 Å². The van der Waals surface area contributed by atoms with E-state index in [1.807, 2.05) is 48.2 Å². The van der Waals surface area contributed by atoms with E-state index in [0.717, 1.165) is 28.2 Å². The first-order valence-corrected chi connectivity index (χ1v) is 13.2. The van der Waals surface area contributed by atoms with Gasteiger partial charge < -0.3 is 20.4 Å². The van der Waals surface area contributed by atoms with E-state index >= 15 is 0 Å². The third kappa shape index (κ3) is 7.93. The van der Waals surface area contributed by atoms with Gasteiger partial charge in [0.15, 0.2) is 11.7 Å². The summed E-state index contributed by atoms with van der Waals surface area (Å²) in [5.74, 6) is 0.407. The minimum absolute atomic E-state index is 0.229. The number of morpholine rings is 1. The third-order valence-electron chi connectivity index (χ3n) is 6.08. The van der Waals surface area contributed by atoms with Crippen LogP contribution in [-0.4, -0.2) is 79.9 Å². The van der Waals surface area contributed by atoms with Crippen molar-refractivity contribution in [3.63, 3.8) is 0 Å². The quantitative estimate of drug-likeness (QED) is 0.256. The molecule has 11 heteroatoms. The van der Waals surface area contributed by atoms with Crippen molar-refractivity contribution in [3.05, 3.63) is 89.0 Å². The normalized spacial score (nSPS) is 16.7. The summed E-state index contributed by atoms with van der Waals surface area (Å²) in [6, 6.07) is 9.45. The minimum atomic E-state index is -0.365. The summed E-state index contributed by atoms with van der Waals surface area (Å²) in [7, 11) is 1.73. The van der Waals surface area contributed by atoms with E-state index in [0.29, 0.717) is 48.7 Å². The Morgan fingerprint density at radius 2 is 2.02 bits per heavy atom. The molecule has 0 spiro atoms. The molecule has 208 valence electrons. The Hall–Kier alpha value is -4.15. The summed E-state index contributed by atoms with van der Waals surface area (Å²) in [4.78, 5) is 19.4. The number of pyridine rings is 1. The second-order valence-electron chi connectivity index (χ2n) is 8.93. The molecule has 4 rings (SSSR count). The van der Waals surface area contributed by atoms with Crippen LogP contribution in [0, 0.1) is 0 Å². The summed E-state index contributed by atoms with van der Waals surface area (Å²) in [6.45, 7) is 8.51. The monoisotopic (exact) mass is 562 g/mol. The third-order valence-corrected chi connectivity index (χ3v) is 6.39. The van der Waals surface area contributed by atoms with Crippen molar-refractivity contribution in [3.8, 4) is 0 Å². The molecule has 1 saturated heterocycles. The number of anilines is 2. The first kappa shape index (κ1) is 28.8. The number of hydrogen-bond donors (Lipinski definition) is 2. The zero-order chi connectivity index (χ0) is 28.3. The van der Waals surface area contributed by atoms with Crippen LogP contribution in [-0.2, 0) is 4.74 Å². The number of ether oxygens (including phenoxy) is 1. The lowest BCUT2D eigenvalue weighted by Gasteiger charge is -2.28. The van der Waals surface area contributed by atoms with Crippen molar-refractivity contribution in [1.82, 2.24) is 15.3 Å². The smallest absolute Gasteiger partial charge is 0.166 e.